The van der Waals surface area contributed by atoms with Crippen molar-refractivity contribution < 1.29 is 0 Å². The maximum Gasteiger partial charge on any atom is 0.00960 e. The molecule has 2 aliphatic rings. The van der Waals surface area contributed by atoms with Gasteiger partial charge in [0.1, 0.15) is 0 Å². The molecule has 2 bridgehead atoms. The molecule has 64 valence electrons. The molecule has 2 rings (SSSR count). The molecule has 2 saturated heterocycles. The van der Waals surface area contributed by atoms with Crippen LogP contribution in [0.3, 0.4) is 0 Å². The van der Waals surface area contributed by atoms with E-state index in [0.717, 1.165) is 17.9 Å². The van der Waals surface area contributed by atoms with E-state index in [4.69, 9.17) is 0 Å². The second kappa shape index (κ2) is 2.78. The monoisotopic (exact) mass is 153 g/mol. The van der Waals surface area contributed by atoms with Gasteiger partial charge in [-0.1, -0.05) is 20.3 Å². The van der Waals surface area contributed by atoms with E-state index >= 15 is 0 Å². The third-order valence-electron chi connectivity index (χ3n) is 3.69. The van der Waals surface area contributed by atoms with Crippen LogP contribution in [0.4, 0.5) is 0 Å². The highest BCUT2D eigenvalue weighted by molar-refractivity contribution is 4.95. The fraction of sp³-hybridized carbons (Fsp3) is 1.00. The van der Waals surface area contributed by atoms with Gasteiger partial charge in [-0.15, -0.1) is 0 Å². The molecule has 2 heterocycles. The standard InChI is InChI=1S/C10H19N/c1-3-8-6-11-7-9(8)5-10(11)4-2/h8-10H,3-7H2,1-2H3. The van der Waals surface area contributed by atoms with Crippen LogP contribution in [-0.2, 0) is 0 Å². The van der Waals surface area contributed by atoms with Crippen molar-refractivity contribution in [2.75, 3.05) is 13.1 Å². The van der Waals surface area contributed by atoms with Gasteiger partial charge in [0.25, 0.3) is 0 Å². The molecule has 0 radical (unpaired) electrons. The first-order valence-electron chi connectivity index (χ1n) is 5.09. The molecule has 11 heavy (non-hydrogen) atoms. The quantitative estimate of drug-likeness (QED) is 0.587. The molecule has 0 saturated carbocycles. The molecule has 0 aromatic rings. The van der Waals surface area contributed by atoms with Gasteiger partial charge in [0.05, 0.1) is 0 Å². The van der Waals surface area contributed by atoms with Crippen molar-refractivity contribution in [3.63, 3.8) is 0 Å². The fourth-order valence-corrected chi connectivity index (χ4v) is 2.93. The Balaban J connectivity index is 1.97. The van der Waals surface area contributed by atoms with E-state index in [0.29, 0.717) is 0 Å². The van der Waals surface area contributed by atoms with Gasteiger partial charge >= 0.3 is 0 Å². The van der Waals surface area contributed by atoms with Crippen molar-refractivity contribution in [2.45, 2.75) is 39.2 Å². The minimum Gasteiger partial charge on any atom is -0.300 e. The highest BCUT2D eigenvalue weighted by Crippen LogP contribution is 2.39. The van der Waals surface area contributed by atoms with Gasteiger partial charge < -0.3 is 0 Å². The summed E-state index contributed by atoms with van der Waals surface area (Å²) in [4.78, 5) is 2.71. The van der Waals surface area contributed by atoms with E-state index in [9.17, 15) is 0 Å². The summed E-state index contributed by atoms with van der Waals surface area (Å²) in [6.07, 6.45) is 4.26. The SMILES string of the molecule is CCC1CN2CC1CC2CC. The first kappa shape index (κ1) is 7.60. The van der Waals surface area contributed by atoms with Crippen LogP contribution >= 0.6 is 0 Å². The largest absolute Gasteiger partial charge is 0.300 e. The summed E-state index contributed by atoms with van der Waals surface area (Å²) in [7, 11) is 0. The van der Waals surface area contributed by atoms with Gasteiger partial charge in [-0.25, -0.2) is 0 Å². The number of hydrogen-bond donors (Lipinski definition) is 0. The predicted molar refractivity (Wildman–Crippen MR) is 47.5 cm³/mol. The highest BCUT2D eigenvalue weighted by atomic mass is 15.2. The third kappa shape index (κ3) is 1.10. The summed E-state index contributed by atoms with van der Waals surface area (Å²) >= 11 is 0. The molecule has 0 spiro atoms. The lowest BCUT2D eigenvalue weighted by Gasteiger charge is -2.28. The summed E-state index contributed by atoms with van der Waals surface area (Å²) in [5.41, 5.74) is 0. The van der Waals surface area contributed by atoms with Crippen LogP contribution in [-0.4, -0.2) is 24.0 Å². The van der Waals surface area contributed by atoms with E-state index < -0.39 is 0 Å². The third-order valence-corrected chi connectivity index (χ3v) is 3.69. The molecule has 1 heteroatoms. The highest BCUT2D eigenvalue weighted by Gasteiger charge is 2.41. The van der Waals surface area contributed by atoms with Crippen molar-refractivity contribution in [1.29, 1.82) is 0 Å². The smallest absolute Gasteiger partial charge is 0.00960 e. The van der Waals surface area contributed by atoms with E-state index in [1.165, 1.54) is 32.4 Å². The van der Waals surface area contributed by atoms with Crippen molar-refractivity contribution in [2.24, 2.45) is 11.8 Å². The van der Waals surface area contributed by atoms with E-state index in [1.54, 1.807) is 0 Å². The lowest BCUT2D eigenvalue weighted by atomic mass is 9.87. The molecule has 0 amide bonds. The molecule has 0 aromatic carbocycles. The minimum absolute atomic E-state index is 0.947. The fourth-order valence-electron chi connectivity index (χ4n) is 2.93. The first-order valence-corrected chi connectivity index (χ1v) is 5.09. The second-order valence-corrected chi connectivity index (χ2v) is 4.18. The lowest BCUT2D eigenvalue weighted by molar-refractivity contribution is 0.211. The van der Waals surface area contributed by atoms with Crippen LogP contribution in [0.15, 0.2) is 0 Å². The Kier molecular flexibility index (Phi) is 1.92. The molecule has 0 aromatic heterocycles. The van der Waals surface area contributed by atoms with Gasteiger partial charge in [-0.2, -0.15) is 0 Å². The van der Waals surface area contributed by atoms with Crippen LogP contribution in [0.2, 0.25) is 0 Å². The van der Waals surface area contributed by atoms with Crippen LogP contribution < -0.4 is 0 Å². The average Bonchev–Trinajstić information content (AvgIpc) is 2.60. The Hall–Kier alpha value is -0.0400. The topological polar surface area (TPSA) is 3.24 Å². The summed E-state index contributed by atoms with van der Waals surface area (Å²) in [5.74, 6) is 2.10. The molecule has 4 atom stereocenters. The first-order chi connectivity index (χ1) is 5.35. The van der Waals surface area contributed by atoms with Crippen LogP contribution in [0, 0.1) is 11.8 Å². The zero-order valence-electron chi connectivity index (χ0n) is 7.71. The van der Waals surface area contributed by atoms with Gasteiger partial charge in [0.15, 0.2) is 0 Å². The lowest BCUT2D eigenvalue weighted by Crippen LogP contribution is -2.32. The maximum atomic E-state index is 2.71. The maximum absolute atomic E-state index is 2.71. The van der Waals surface area contributed by atoms with E-state index in [-0.39, 0.29) is 0 Å². The van der Waals surface area contributed by atoms with E-state index in [2.05, 4.69) is 18.7 Å². The summed E-state index contributed by atoms with van der Waals surface area (Å²) < 4.78 is 0. The molecule has 0 N–H and O–H groups in total. The number of hydrogen-bond acceptors (Lipinski definition) is 1. The number of piperidine rings is 1. The van der Waals surface area contributed by atoms with Gasteiger partial charge in [0.2, 0.25) is 0 Å². The predicted octanol–water partition coefficient (Wildman–Crippen LogP) is 2.13. The Bertz CT molecular complexity index is 128. The van der Waals surface area contributed by atoms with Crippen LogP contribution in [0.1, 0.15) is 33.1 Å². The molecule has 1 nitrogen and oxygen atoms in total. The van der Waals surface area contributed by atoms with Crippen molar-refractivity contribution in [3.05, 3.63) is 0 Å². The number of rotatable bonds is 2. The zero-order valence-corrected chi connectivity index (χ0v) is 7.71. The Morgan fingerprint density at radius 1 is 1.18 bits per heavy atom. The summed E-state index contributed by atoms with van der Waals surface area (Å²) in [6.45, 7) is 7.48. The minimum atomic E-state index is 0.947. The Morgan fingerprint density at radius 3 is 2.45 bits per heavy atom. The molecule has 2 fully saturated rings. The second-order valence-electron chi connectivity index (χ2n) is 4.18. The van der Waals surface area contributed by atoms with Crippen LogP contribution in [0.25, 0.3) is 0 Å². The normalized spacial score (nSPS) is 48.5. The van der Waals surface area contributed by atoms with Gasteiger partial charge in [-0.3, -0.25) is 4.90 Å². The number of nitrogens with zero attached hydrogens (tertiary/aromatic N) is 1. The molecule has 2 aliphatic heterocycles. The van der Waals surface area contributed by atoms with Gasteiger partial charge in [-0.05, 0) is 24.7 Å². The summed E-state index contributed by atoms with van der Waals surface area (Å²) in [5, 5.41) is 0. The molecular formula is C10H19N. The van der Waals surface area contributed by atoms with Crippen LogP contribution in [0.5, 0.6) is 0 Å². The van der Waals surface area contributed by atoms with E-state index in [1.807, 2.05) is 0 Å². The summed E-state index contributed by atoms with van der Waals surface area (Å²) in [6, 6.07) is 0.947. The van der Waals surface area contributed by atoms with Gasteiger partial charge in [0, 0.05) is 19.1 Å². The van der Waals surface area contributed by atoms with Crippen molar-refractivity contribution in [3.8, 4) is 0 Å². The molecule has 0 aliphatic carbocycles. The molecule has 4 unspecified atom stereocenters. The van der Waals surface area contributed by atoms with Crippen molar-refractivity contribution >= 4 is 0 Å². The number of fused-ring (bicyclic) bond motifs is 2. The molecular weight excluding hydrogens is 134 g/mol. The Labute approximate surface area is 69.8 Å². The average molecular weight is 153 g/mol. The Morgan fingerprint density at radius 2 is 2.00 bits per heavy atom. The van der Waals surface area contributed by atoms with Crippen molar-refractivity contribution in [1.82, 2.24) is 4.90 Å². The zero-order chi connectivity index (χ0) is 7.84.